The standard InChI is InChI=1S/C13H21NO3/c1-10(2)14-7-12(16)9-17-13-5-3-11(8-15)4-6-13/h3-6,10,12,14-16H,7-9H2,1-2H3/i1D3,2D3,10D. The van der Waals surface area contributed by atoms with Gasteiger partial charge in [0.05, 0.1) is 6.61 Å². The number of rotatable bonds is 7. The maximum absolute atomic E-state index is 9.83. The van der Waals surface area contributed by atoms with E-state index in [1.54, 1.807) is 24.3 Å². The van der Waals surface area contributed by atoms with Crippen LogP contribution in [-0.2, 0) is 6.61 Å². The van der Waals surface area contributed by atoms with Crippen molar-refractivity contribution in [2.75, 3.05) is 13.2 Å². The molecule has 0 saturated heterocycles. The first-order chi connectivity index (χ1) is 10.9. The predicted octanol–water partition coefficient (Wildman–Crippen LogP) is 0.917. The van der Waals surface area contributed by atoms with E-state index >= 15 is 0 Å². The fraction of sp³-hybridized carbons (Fsp3) is 0.538. The normalized spacial score (nSPS) is 20.9. The Morgan fingerprint density at radius 2 is 2.12 bits per heavy atom. The highest BCUT2D eigenvalue weighted by molar-refractivity contribution is 5.26. The largest absolute Gasteiger partial charge is 0.491 e. The molecule has 0 aliphatic rings. The molecule has 1 aromatic carbocycles. The number of ether oxygens (including phenoxy) is 1. The van der Waals surface area contributed by atoms with Gasteiger partial charge in [0.25, 0.3) is 0 Å². The summed E-state index contributed by atoms with van der Waals surface area (Å²) in [7, 11) is 0. The number of hydrogen-bond acceptors (Lipinski definition) is 4. The second-order valence-corrected chi connectivity index (χ2v) is 3.52. The van der Waals surface area contributed by atoms with Gasteiger partial charge in [0.15, 0.2) is 0 Å². The minimum atomic E-state index is -3.10. The molecule has 0 amide bonds. The minimum absolute atomic E-state index is 0.108. The predicted molar refractivity (Wildman–Crippen MR) is 67.0 cm³/mol. The second kappa shape index (κ2) is 7.27. The Bertz CT molecular complexity index is 502. The third kappa shape index (κ3) is 5.68. The van der Waals surface area contributed by atoms with Crippen molar-refractivity contribution in [3.63, 3.8) is 0 Å². The van der Waals surface area contributed by atoms with Crippen molar-refractivity contribution in [1.82, 2.24) is 5.32 Å². The van der Waals surface area contributed by atoms with E-state index in [0.717, 1.165) is 0 Å². The van der Waals surface area contributed by atoms with E-state index < -0.39 is 32.4 Å². The van der Waals surface area contributed by atoms with Crippen molar-refractivity contribution < 1.29 is 24.5 Å². The zero-order valence-corrected chi connectivity index (χ0v) is 9.31. The number of aliphatic hydroxyl groups excluding tert-OH is 2. The van der Waals surface area contributed by atoms with Gasteiger partial charge in [-0.15, -0.1) is 0 Å². The Morgan fingerprint density at radius 3 is 2.71 bits per heavy atom. The maximum Gasteiger partial charge on any atom is 0.119 e. The van der Waals surface area contributed by atoms with Crippen LogP contribution >= 0.6 is 0 Å². The lowest BCUT2D eigenvalue weighted by atomic mass is 10.2. The number of benzene rings is 1. The van der Waals surface area contributed by atoms with Gasteiger partial charge in [0, 0.05) is 22.2 Å². The number of nitrogens with one attached hydrogen (secondary N) is 1. The zero-order valence-electron chi connectivity index (χ0n) is 16.3. The molecule has 0 fully saturated rings. The van der Waals surface area contributed by atoms with Gasteiger partial charge < -0.3 is 20.3 Å². The molecule has 0 bridgehead atoms. The number of aliphatic hydroxyl groups is 2. The van der Waals surface area contributed by atoms with Crippen LogP contribution in [0.4, 0.5) is 0 Å². The van der Waals surface area contributed by atoms with E-state index in [4.69, 9.17) is 19.4 Å². The molecular formula is C13H21NO3. The van der Waals surface area contributed by atoms with Gasteiger partial charge in [-0.3, -0.25) is 0 Å². The van der Waals surface area contributed by atoms with Crippen molar-refractivity contribution in [1.29, 1.82) is 0 Å². The first kappa shape index (κ1) is 6.73. The molecule has 4 heteroatoms. The molecule has 0 saturated carbocycles. The highest BCUT2D eigenvalue weighted by Crippen LogP contribution is 2.12. The molecule has 1 rings (SSSR count). The van der Waals surface area contributed by atoms with Gasteiger partial charge in [-0.2, -0.15) is 0 Å². The Kier molecular flexibility index (Phi) is 2.88. The van der Waals surface area contributed by atoms with Crippen LogP contribution in [0.2, 0.25) is 0 Å². The van der Waals surface area contributed by atoms with Gasteiger partial charge in [-0.1, -0.05) is 25.8 Å². The molecular weight excluding hydrogens is 218 g/mol. The van der Waals surface area contributed by atoms with E-state index in [2.05, 4.69) is 5.32 Å². The summed E-state index contributed by atoms with van der Waals surface area (Å²) >= 11 is 0. The topological polar surface area (TPSA) is 61.7 Å². The van der Waals surface area contributed by atoms with Crippen LogP contribution in [-0.4, -0.2) is 35.5 Å². The summed E-state index contributed by atoms with van der Waals surface area (Å²) in [4.78, 5) is 0. The summed E-state index contributed by atoms with van der Waals surface area (Å²) in [6.07, 6.45) is -1.21. The second-order valence-electron chi connectivity index (χ2n) is 3.52. The molecule has 1 aromatic rings. The van der Waals surface area contributed by atoms with Crippen LogP contribution in [0.3, 0.4) is 0 Å². The number of hydrogen-bond donors (Lipinski definition) is 3. The third-order valence-electron chi connectivity index (χ3n) is 2.06. The van der Waals surface area contributed by atoms with E-state index in [0.29, 0.717) is 11.3 Å². The van der Waals surface area contributed by atoms with Crippen LogP contribution < -0.4 is 10.1 Å². The molecule has 1 atom stereocenters. The lowest BCUT2D eigenvalue weighted by Crippen LogP contribution is -2.35. The Balaban J connectivity index is 2.58. The maximum atomic E-state index is 9.83. The summed E-state index contributed by atoms with van der Waals surface area (Å²) < 4.78 is 56.5. The first-order valence-corrected chi connectivity index (χ1v) is 5.16. The van der Waals surface area contributed by atoms with E-state index in [-0.39, 0.29) is 13.2 Å². The quantitative estimate of drug-likeness (QED) is 0.669. The monoisotopic (exact) mass is 246 g/mol. The van der Waals surface area contributed by atoms with Gasteiger partial charge in [-0.05, 0) is 17.7 Å². The molecule has 17 heavy (non-hydrogen) atoms. The Labute approximate surface area is 112 Å². The van der Waals surface area contributed by atoms with Crippen LogP contribution in [0.1, 0.15) is 28.9 Å². The van der Waals surface area contributed by atoms with Crippen molar-refractivity contribution in [2.45, 2.75) is 32.4 Å². The minimum Gasteiger partial charge on any atom is -0.491 e. The van der Waals surface area contributed by atoms with Crippen molar-refractivity contribution in [3.05, 3.63) is 29.8 Å². The highest BCUT2D eigenvalue weighted by atomic mass is 16.5. The average Bonchev–Trinajstić information content (AvgIpc) is 2.48. The van der Waals surface area contributed by atoms with E-state index in [1.165, 1.54) is 0 Å². The molecule has 96 valence electrons. The summed E-state index contributed by atoms with van der Waals surface area (Å²) in [6.45, 7) is -6.96. The molecule has 0 spiro atoms. The molecule has 3 N–H and O–H groups in total. The van der Waals surface area contributed by atoms with Gasteiger partial charge >= 0.3 is 0 Å². The molecule has 0 heterocycles. The summed E-state index contributed by atoms with van der Waals surface area (Å²) in [5.74, 6) is 0.426. The molecule has 0 aromatic heterocycles. The van der Waals surface area contributed by atoms with Gasteiger partial charge in [0.1, 0.15) is 18.5 Å². The summed E-state index contributed by atoms with van der Waals surface area (Å²) in [5.41, 5.74) is 0.693. The fourth-order valence-electron chi connectivity index (χ4n) is 1.16. The average molecular weight is 246 g/mol. The molecule has 1 unspecified atom stereocenters. The van der Waals surface area contributed by atoms with Crippen molar-refractivity contribution in [3.8, 4) is 5.75 Å². The third-order valence-corrected chi connectivity index (χ3v) is 2.06. The molecule has 0 aliphatic heterocycles. The lowest BCUT2D eigenvalue weighted by molar-refractivity contribution is 0.104. The van der Waals surface area contributed by atoms with E-state index in [1.807, 2.05) is 0 Å². The molecule has 0 aliphatic carbocycles. The van der Waals surface area contributed by atoms with Crippen LogP contribution in [0.15, 0.2) is 24.3 Å². The SMILES string of the molecule is [2H]C([2H])([2H])C([2H])(NCC(O)COc1ccc(CO)cc1)C([2H])([2H])[2H]. The lowest BCUT2D eigenvalue weighted by Gasteiger charge is -2.15. The van der Waals surface area contributed by atoms with E-state index in [9.17, 15) is 5.11 Å². The smallest absolute Gasteiger partial charge is 0.119 e. The van der Waals surface area contributed by atoms with Gasteiger partial charge in [-0.25, -0.2) is 0 Å². The first-order valence-electron chi connectivity index (χ1n) is 8.66. The Hall–Kier alpha value is -1.10. The highest BCUT2D eigenvalue weighted by Gasteiger charge is 2.05. The Morgan fingerprint density at radius 1 is 1.41 bits per heavy atom. The molecule has 4 nitrogen and oxygen atoms in total. The van der Waals surface area contributed by atoms with Crippen LogP contribution in [0.5, 0.6) is 5.75 Å². The zero-order chi connectivity index (χ0) is 18.6. The fourth-order valence-corrected chi connectivity index (χ4v) is 1.16. The summed E-state index contributed by atoms with van der Waals surface area (Å²) in [5, 5.41) is 20.9. The van der Waals surface area contributed by atoms with Crippen molar-refractivity contribution >= 4 is 0 Å². The van der Waals surface area contributed by atoms with Crippen LogP contribution in [0, 0.1) is 0 Å². The van der Waals surface area contributed by atoms with Crippen molar-refractivity contribution in [2.24, 2.45) is 0 Å². The molecule has 0 radical (unpaired) electrons. The van der Waals surface area contributed by atoms with Crippen LogP contribution in [0.25, 0.3) is 0 Å². The summed E-state index contributed by atoms with van der Waals surface area (Å²) in [6, 6.07) is 3.57. The van der Waals surface area contributed by atoms with Gasteiger partial charge in [0.2, 0.25) is 0 Å².